The number of aromatic nitrogens is 2. The summed E-state index contributed by atoms with van der Waals surface area (Å²) in [5.41, 5.74) is 0.699. The lowest BCUT2D eigenvalue weighted by molar-refractivity contribution is -0.138. The van der Waals surface area contributed by atoms with E-state index in [0.717, 1.165) is 6.07 Å². The number of halogens is 3. The minimum Gasteiger partial charge on any atom is -0.423 e. The summed E-state index contributed by atoms with van der Waals surface area (Å²) in [5, 5.41) is 5.91. The number of nitrogens with one attached hydrogen (secondary N) is 2. The molecule has 1 atom stereocenters. The van der Waals surface area contributed by atoms with Gasteiger partial charge in [0.1, 0.15) is 11.6 Å². The molecule has 0 bridgehead atoms. The van der Waals surface area contributed by atoms with Crippen molar-refractivity contribution in [2.45, 2.75) is 31.5 Å². The summed E-state index contributed by atoms with van der Waals surface area (Å²) in [7, 11) is 0. The average molecular weight is 427 g/mol. The molecule has 3 heterocycles. The predicted octanol–water partition coefficient (Wildman–Crippen LogP) is 4.36. The molecule has 3 aromatic rings. The Hall–Kier alpha value is -3.69. The van der Waals surface area contributed by atoms with Crippen LogP contribution < -0.4 is 10.6 Å². The van der Waals surface area contributed by atoms with Crippen LogP contribution in [0.15, 0.2) is 63.3 Å². The number of rotatable bonds is 2. The summed E-state index contributed by atoms with van der Waals surface area (Å²) in [6, 6.07) is 8.24. The van der Waals surface area contributed by atoms with Gasteiger partial charge in [0.2, 0.25) is 5.96 Å². The van der Waals surface area contributed by atoms with E-state index in [9.17, 15) is 18.0 Å². The number of carbonyl (C=O) groups excluding carboxylic acids is 1. The Balaban J connectivity index is 1.58. The first-order valence-electron chi connectivity index (χ1n) is 9.66. The maximum Gasteiger partial charge on any atom is 0.418 e. The van der Waals surface area contributed by atoms with E-state index >= 15 is 0 Å². The number of allylic oxidation sites excluding steroid dienone is 1. The summed E-state index contributed by atoms with van der Waals surface area (Å²) in [5.74, 6) is -0.0917. The van der Waals surface area contributed by atoms with E-state index in [1.165, 1.54) is 12.3 Å². The summed E-state index contributed by atoms with van der Waals surface area (Å²) >= 11 is 0. The third-order valence-electron chi connectivity index (χ3n) is 5.18. The maximum absolute atomic E-state index is 13.6. The van der Waals surface area contributed by atoms with Crippen molar-refractivity contribution in [3.63, 3.8) is 0 Å². The van der Waals surface area contributed by atoms with Crippen LogP contribution in [0.4, 0.5) is 19.2 Å². The monoisotopic (exact) mass is 427 g/mol. The van der Waals surface area contributed by atoms with Gasteiger partial charge < -0.3 is 9.73 Å². The number of fused-ring (bicyclic) bond motifs is 1. The van der Waals surface area contributed by atoms with Crippen LogP contribution in [0.1, 0.15) is 36.6 Å². The van der Waals surface area contributed by atoms with Gasteiger partial charge in [-0.1, -0.05) is 12.1 Å². The predicted molar refractivity (Wildman–Crippen MR) is 106 cm³/mol. The normalized spacial score (nSPS) is 19.1. The van der Waals surface area contributed by atoms with Gasteiger partial charge >= 0.3 is 12.2 Å². The molecule has 0 saturated carbocycles. The molecule has 31 heavy (non-hydrogen) atoms. The van der Waals surface area contributed by atoms with Crippen LogP contribution in [0.2, 0.25) is 0 Å². The van der Waals surface area contributed by atoms with E-state index in [4.69, 9.17) is 4.42 Å². The van der Waals surface area contributed by atoms with Gasteiger partial charge in [-0.15, -0.1) is 0 Å². The van der Waals surface area contributed by atoms with Crippen LogP contribution in [0, 0.1) is 0 Å². The third kappa shape index (κ3) is 3.54. The molecule has 5 rings (SSSR count). The number of oxazole rings is 1. The Bertz CT molecular complexity index is 1210. The average Bonchev–Trinajstić information content (AvgIpc) is 3.15. The van der Waals surface area contributed by atoms with Gasteiger partial charge in [0.05, 0.1) is 11.3 Å². The van der Waals surface area contributed by atoms with E-state index in [1.807, 2.05) is 6.07 Å². The fourth-order valence-corrected chi connectivity index (χ4v) is 3.84. The molecule has 1 aliphatic carbocycles. The van der Waals surface area contributed by atoms with E-state index in [-0.39, 0.29) is 35.4 Å². The molecule has 0 fully saturated rings. The highest BCUT2D eigenvalue weighted by atomic mass is 19.4. The molecule has 2 N–H and O–H groups in total. The number of ketones is 1. The molecule has 1 unspecified atom stereocenters. The van der Waals surface area contributed by atoms with Crippen molar-refractivity contribution in [3.05, 3.63) is 65.1 Å². The lowest BCUT2D eigenvalue weighted by Crippen LogP contribution is -2.39. The first-order valence-corrected chi connectivity index (χ1v) is 9.66. The quantitative estimate of drug-likeness (QED) is 0.631. The molecule has 0 saturated heterocycles. The van der Waals surface area contributed by atoms with Crippen molar-refractivity contribution in [1.82, 2.24) is 15.3 Å². The van der Waals surface area contributed by atoms with Crippen molar-refractivity contribution in [1.29, 1.82) is 0 Å². The highest BCUT2D eigenvalue weighted by molar-refractivity contribution is 6.03. The first-order chi connectivity index (χ1) is 14.9. The van der Waals surface area contributed by atoms with E-state index in [1.54, 1.807) is 18.2 Å². The number of anilines is 1. The van der Waals surface area contributed by atoms with E-state index < -0.39 is 17.8 Å². The molecule has 0 radical (unpaired) electrons. The standard InChI is InChI=1S/C21H16F3N5O2/c22-21(23,24)11-5-4-10-25-17(11)18-16-13(7-3-8-14(16)30)26-19(28-18)29-20-27-12-6-1-2-9-15(12)31-20/h1-2,4-6,9-10,18H,3,7-8H2,(H2,26,27,28,29). The van der Waals surface area contributed by atoms with Gasteiger partial charge in [-0.25, -0.2) is 4.99 Å². The van der Waals surface area contributed by atoms with Crippen molar-refractivity contribution in [3.8, 4) is 0 Å². The fourth-order valence-electron chi connectivity index (χ4n) is 3.84. The number of alkyl halides is 3. The molecular formula is C21H16F3N5O2. The molecular weight excluding hydrogens is 411 g/mol. The van der Waals surface area contributed by atoms with Crippen molar-refractivity contribution in [2.75, 3.05) is 5.32 Å². The number of Topliss-reactive ketones (excluding diaryl/α,β-unsaturated/α-hetero) is 1. The molecule has 2 aliphatic rings. The van der Waals surface area contributed by atoms with Gasteiger partial charge in [0, 0.05) is 23.9 Å². The van der Waals surface area contributed by atoms with Crippen LogP contribution >= 0.6 is 0 Å². The number of aliphatic imine (C=N–C) groups is 1. The molecule has 0 amide bonds. The SMILES string of the molecule is O=C1CCCC2=C1C(c1ncccc1C(F)(F)F)N=C(Nc1nc3ccccc3o1)N2. The third-order valence-corrected chi connectivity index (χ3v) is 5.18. The van der Waals surface area contributed by atoms with Crippen LogP contribution in [0.3, 0.4) is 0 Å². The fraction of sp³-hybridized carbons (Fsp3) is 0.238. The highest BCUT2D eigenvalue weighted by Gasteiger charge is 2.41. The second-order valence-electron chi connectivity index (χ2n) is 7.22. The number of pyridine rings is 1. The Labute approximate surface area is 174 Å². The van der Waals surface area contributed by atoms with E-state index in [0.29, 0.717) is 29.6 Å². The van der Waals surface area contributed by atoms with Crippen LogP contribution in [-0.2, 0) is 11.0 Å². The summed E-state index contributed by atoms with van der Waals surface area (Å²) in [6.45, 7) is 0. The van der Waals surface area contributed by atoms with Crippen molar-refractivity contribution >= 4 is 28.9 Å². The smallest absolute Gasteiger partial charge is 0.418 e. The minimum atomic E-state index is -4.63. The van der Waals surface area contributed by atoms with Gasteiger partial charge in [-0.05, 0) is 37.1 Å². The number of hydrogen-bond donors (Lipinski definition) is 2. The molecule has 7 nitrogen and oxygen atoms in total. The number of nitrogens with zero attached hydrogens (tertiary/aromatic N) is 3. The summed E-state index contributed by atoms with van der Waals surface area (Å²) in [4.78, 5) is 25.3. The van der Waals surface area contributed by atoms with Crippen molar-refractivity contribution in [2.24, 2.45) is 4.99 Å². The molecule has 0 spiro atoms. The Morgan fingerprint density at radius 1 is 1.13 bits per heavy atom. The van der Waals surface area contributed by atoms with Gasteiger partial charge in [-0.3, -0.25) is 15.1 Å². The second-order valence-corrected chi connectivity index (χ2v) is 7.22. The number of benzene rings is 1. The second kappa shape index (κ2) is 7.22. The molecule has 1 aliphatic heterocycles. The number of guanidine groups is 1. The number of para-hydroxylation sites is 2. The highest BCUT2D eigenvalue weighted by Crippen LogP contribution is 2.41. The van der Waals surface area contributed by atoms with E-state index in [2.05, 4.69) is 25.6 Å². The Morgan fingerprint density at radius 3 is 2.77 bits per heavy atom. The van der Waals surface area contributed by atoms with Gasteiger partial charge in [0.15, 0.2) is 11.4 Å². The molecule has 2 aromatic heterocycles. The molecule has 158 valence electrons. The molecule has 10 heteroatoms. The van der Waals surface area contributed by atoms with Gasteiger partial charge in [0.25, 0.3) is 0 Å². The zero-order chi connectivity index (χ0) is 21.6. The van der Waals surface area contributed by atoms with Crippen molar-refractivity contribution < 1.29 is 22.4 Å². The topological polar surface area (TPSA) is 92.4 Å². The Morgan fingerprint density at radius 2 is 1.97 bits per heavy atom. The zero-order valence-corrected chi connectivity index (χ0v) is 16.0. The van der Waals surface area contributed by atoms with Crippen LogP contribution in [0.25, 0.3) is 11.1 Å². The summed E-state index contributed by atoms with van der Waals surface area (Å²) in [6.07, 6.45) is -1.99. The lowest BCUT2D eigenvalue weighted by atomic mass is 9.86. The van der Waals surface area contributed by atoms with Gasteiger partial charge in [-0.2, -0.15) is 18.2 Å². The summed E-state index contributed by atoms with van der Waals surface area (Å²) < 4.78 is 46.5. The largest absolute Gasteiger partial charge is 0.423 e. The van der Waals surface area contributed by atoms with Crippen LogP contribution in [0.5, 0.6) is 0 Å². The Kier molecular flexibility index (Phi) is 4.49. The lowest BCUT2D eigenvalue weighted by Gasteiger charge is -2.30. The molecule has 1 aromatic carbocycles. The van der Waals surface area contributed by atoms with Crippen LogP contribution in [-0.4, -0.2) is 21.7 Å². The zero-order valence-electron chi connectivity index (χ0n) is 16.0. The number of hydrogen-bond acceptors (Lipinski definition) is 7. The first kappa shape index (κ1) is 19.3. The minimum absolute atomic E-state index is 0.134. The number of carbonyl (C=O) groups is 1. The maximum atomic E-state index is 13.6.